The molecular weight excluding hydrogens is 248 g/mol. The topological polar surface area (TPSA) is 70.0 Å². The van der Waals surface area contributed by atoms with Gasteiger partial charge in [0.05, 0.1) is 17.4 Å². The van der Waals surface area contributed by atoms with Crippen LogP contribution < -0.4 is 4.72 Å². The molecule has 0 aromatic heterocycles. The van der Waals surface area contributed by atoms with Crippen molar-refractivity contribution < 1.29 is 8.42 Å². The lowest BCUT2D eigenvalue weighted by Gasteiger charge is -2.25. The Kier molecular flexibility index (Phi) is 4.00. The molecular formula is C13H16N2O2S. The van der Waals surface area contributed by atoms with Crippen molar-refractivity contribution >= 4 is 10.0 Å². The summed E-state index contributed by atoms with van der Waals surface area (Å²) in [5, 5.41) is 8.66. The van der Waals surface area contributed by atoms with E-state index in [0.717, 1.165) is 12.8 Å². The lowest BCUT2D eigenvalue weighted by Crippen LogP contribution is -2.32. The predicted octanol–water partition coefficient (Wildman–Crippen LogP) is 1.78. The molecule has 0 bridgehead atoms. The number of hydrogen-bond donors (Lipinski definition) is 1. The maximum atomic E-state index is 11.8. The van der Waals surface area contributed by atoms with Gasteiger partial charge in [-0.3, -0.25) is 0 Å². The van der Waals surface area contributed by atoms with Crippen molar-refractivity contribution in [3.63, 3.8) is 0 Å². The summed E-state index contributed by atoms with van der Waals surface area (Å²) >= 11 is 0. The second kappa shape index (κ2) is 5.51. The van der Waals surface area contributed by atoms with Gasteiger partial charge in [0.15, 0.2) is 0 Å². The molecule has 1 aliphatic carbocycles. The number of rotatable bonds is 5. The Labute approximate surface area is 108 Å². The minimum atomic E-state index is -3.26. The zero-order valence-corrected chi connectivity index (χ0v) is 10.9. The van der Waals surface area contributed by atoms with Crippen molar-refractivity contribution in [1.82, 2.24) is 4.72 Å². The average molecular weight is 264 g/mol. The molecule has 0 radical (unpaired) electrons. The number of nitrogens with one attached hydrogen (secondary N) is 1. The second-order valence-corrected chi connectivity index (χ2v) is 6.52. The molecule has 0 unspecified atom stereocenters. The van der Waals surface area contributed by atoms with E-state index in [1.807, 2.05) is 6.07 Å². The maximum Gasteiger partial charge on any atom is 0.215 e. The molecule has 96 valence electrons. The molecule has 0 spiro atoms. The van der Waals surface area contributed by atoms with Crippen molar-refractivity contribution in [3.8, 4) is 6.07 Å². The highest BCUT2D eigenvalue weighted by Gasteiger charge is 2.20. The molecule has 0 atom stereocenters. The monoisotopic (exact) mass is 264 g/mol. The number of sulfonamides is 1. The zero-order valence-electron chi connectivity index (χ0n) is 10.1. The van der Waals surface area contributed by atoms with Gasteiger partial charge in [-0.2, -0.15) is 5.26 Å². The van der Waals surface area contributed by atoms with Crippen LogP contribution >= 0.6 is 0 Å². The van der Waals surface area contributed by atoms with Crippen molar-refractivity contribution in [2.75, 3.05) is 6.54 Å². The Morgan fingerprint density at radius 3 is 2.44 bits per heavy atom. The molecule has 0 heterocycles. The summed E-state index contributed by atoms with van der Waals surface area (Å²) in [5.74, 6) is 0.492. The molecule has 1 saturated carbocycles. The van der Waals surface area contributed by atoms with Crippen LogP contribution in [0.1, 0.15) is 30.4 Å². The van der Waals surface area contributed by atoms with E-state index >= 15 is 0 Å². The fourth-order valence-corrected chi connectivity index (χ4v) is 3.11. The van der Waals surface area contributed by atoms with Crippen molar-refractivity contribution in [2.45, 2.75) is 25.0 Å². The maximum absolute atomic E-state index is 11.8. The van der Waals surface area contributed by atoms with E-state index < -0.39 is 10.0 Å². The minimum Gasteiger partial charge on any atom is -0.215 e. The van der Waals surface area contributed by atoms with Crippen LogP contribution in [0.4, 0.5) is 0 Å². The van der Waals surface area contributed by atoms with Crippen molar-refractivity contribution in [3.05, 3.63) is 35.4 Å². The molecule has 0 saturated heterocycles. The van der Waals surface area contributed by atoms with Crippen LogP contribution in [0.25, 0.3) is 0 Å². The van der Waals surface area contributed by atoms with Gasteiger partial charge in [0.2, 0.25) is 10.0 Å². The highest BCUT2D eigenvalue weighted by Crippen LogP contribution is 2.25. The van der Waals surface area contributed by atoms with Gasteiger partial charge in [-0.05, 0) is 36.5 Å². The van der Waals surface area contributed by atoms with Crippen LogP contribution in [-0.4, -0.2) is 15.0 Å². The molecule has 1 aromatic rings. The lowest BCUT2D eigenvalue weighted by molar-refractivity contribution is 0.316. The molecule has 0 aliphatic heterocycles. The first-order valence-electron chi connectivity index (χ1n) is 6.05. The zero-order chi connectivity index (χ0) is 13.0. The van der Waals surface area contributed by atoms with E-state index in [2.05, 4.69) is 4.72 Å². The Hall–Kier alpha value is -1.38. The molecule has 5 heteroatoms. The highest BCUT2D eigenvalue weighted by molar-refractivity contribution is 7.88. The van der Waals surface area contributed by atoms with E-state index in [1.165, 1.54) is 6.42 Å². The fraction of sp³-hybridized carbons (Fsp3) is 0.462. The van der Waals surface area contributed by atoms with Gasteiger partial charge < -0.3 is 0 Å². The van der Waals surface area contributed by atoms with Gasteiger partial charge in [0, 0.05) is 6.54 Å². The Morgan fingerprint density at radius 1 is 1.28 bits per heavy atom. The quantitative estimate of drug-likeness (QED) is 0.881. The number of hydrogen-bond acceptors (Lipinski definition) is 3. The van der Waals surface area contributed by atoms with E-state index in [1.54, 1.807) is 24.3 Å². The van der Waals surface area contributed by atoms with E-state index in [-0.39, 0.29) is 5.75 Å². The van der Waals surface area contributed by atoms with Gasteiger partial charge in [0.1, 0.15) is 0 Å². The lowest BCUT2D eigenvalue weighted by atomic mass is 9.86. The van der Waals surface area contributed by atoms with Gasteiger partial charge >= 0.3 is 0 Å². The first kappa shape index (κ1) is 13.1. The van der Waals surface area contributed by atoms with Gasteiger partial charge in [-0.25, -0.2) is 13.1 Å². The van der Waals surface area contributed by atoms with Gasteiger partial charge in [-0.1, -0.05) is 18.6 Å². The summed E-state index contributed by atoms with van der Waals surface area (Å²) in [5.41, 5.74) is 1.24. The van der Waals surface area contributed by atoms with Crippen molar-refractivity contribution in [1.29, 1.82) is 5.26 Å². The van der Waals surface area contributed by atoms with Crippen molar-refractivity contribution in [2.24, 2.45) is 5.92 Å². The summed E-state index contributed by atoms with van der Waals surface area (Å²) in [4.78, 5) is 0. The molecule has 1 fully saturated rings. The minimum absolute atomic E-state index is 0.0224. The normalized spacial score (nSPS) is 15.9. The van der Waals surface area contributed by atoms with Crippen LogP contribution in [0, 0.1) is 17.2 Å². The fourth-order valence-electron chi connectivity index (χ4n) is 1.89. The van der Waals surface area contributed by atoms with Crippen LogP contribution in [0.5, 0.6) is 0 Å². The van der Waals surface area contributed by atoms with Crippen LogP contribution in [0.2, 0.25) is 0 Å². The predicted molar refractivity (Wildman–Crippen MR) is 69.1 cm³/mol. The van der Waals surface area contributed by atoms with Crippen LogP contribution in [-0.2, 0) is 15.8 Å². The first-order valence-corrected chi connectivity index (χ1v) is 7.71. The number of benzene rings is 1. The SMILES string of the molecule is N#Cc1ccc(CS(=O)(=O)NCC2CCC2)cc1. The summed E-state index contributed by atoms with van der Waals surface area (Å²) < 4.78 is 26.3. The Bertz CT molecular complexity index is 539. The molecule has 18 heavy (non-hydrogen) atoms. The third kappa shape index (κ3) is 3.56. The third-order valence-corrected chi connectivity index (χ3v) is 4.58. The average Bonchev–Trinajstić information content (AvgIpc) is 2.27. The molecule has 2 rings (SSSR count). The standard InChI is InChI=1S/C13H16N2O2S/c14-8-11-4-6-13(7-5-11)10-18(16,17)15-9-12-2-1-3-12/h4-7,12,15H,1-3,9-10H2. The number of nitriles is 1. The van der Waals surface area contributed by atoms with Gasteiger partial charge in [-0.15, -0.1) is 0 Å². The molecule has 1 aromatic carbocycles. The number of nitrogens with zero attached hydrogens (tertiary/aromatic N) is 1. The smallest absolute Gasteiger partial charge is 0.215 e. The van der Waals surface area contributed by atoms with E-state index in [4.69, 9.17) is 5.26 Å². The third-order valence-electron chi connectivity index (χ3n) is 3.26. The molecule has 1 aliphatic rings. The van der Waals surface area contributed by atoms with Crippen LogP contribution in [0.3, 0.4) is 0 Å². The largest absolute Gasteiger partial charge is 0.215 e. The first-order chi connectivity index (χ1) is 8.59. The Balaban J connectivity index is 1.91. The van der Waals surface area contributed by atoms with E-state index in [0.29, 0.717) is 23.6 Å². The van der Waals surface area contributed by atoms with Gasteiger partial charge in [0.25, 0.3) is 0 Å². The highest BCUT2D eigenvalue weighted by atomic mass is 32.2. The van der Waals surface area contributed by atoms with E-state index in [9.17, 15) is 8.42 Å². The Morgan fingerprint density at radius 2 is 1.94 bits per heavy atom. The summed E-state index contributed by atoms with van der Waals surface area (Å²) in [6.45, 7) is 0.554. The summed E-state index contributed by atoms with van der Waals surface area (Å²) in [6.07, 6.45) is 3.46. The summed E-state index contributed by atoms with van der Waals surface area (Å²) in [7, 11) is -3.26. The molecule has 0 amide bonds. The molecule has 4 nitrogen and oxygen atoms in total. The molecule has 1 N–H and O–H groups in total. The van der Waals surface area contributed by atoms with Crippen LogP contribution in [0.15, 0.2) is 24.3 Å². The second-order valence-electron chi connectivity index (χ2n) is 4.71. The summed E-state index contributed by atoms with van der Waals surface area (Å²) in [6, 6.07) is 8.64.